The number of carbonyl (C=O) groups is 1. The number of carbonyl (C=O) groups excluding carboxylic acids is 1. The van der Waals surface area contributed by atoms with Gasteiger partial charge in [0.1, 0.15) is 11.8 Å². The Bertz CT molecular complexity index is 861. The first-order valence-corrected chi connectivity index (χ1v) is 8.02. The van der Waals surface area contributed by atoms with Crippen molar-refractivity contribution in [2.24, 2.45) is 0 Å². The number of fused-ring (bicyclic) bond motifs is 1. The second kappa shape index (κ2) is 6.28. The number of aromatic nitrogens is 2. The van der Waals surface area contributed by atoms with E-state index in [2.05, 4.69) is 9.97 Å². The number of nitrogens with zero attached hydrogens (tertiary/aromatic N) is 3. The minimum atomic E-state index is -0.0427. The highest BCUT2D eigenvalue weighted by Crippen LogP contribution is 2.21. The highest BCUT2D eigenvalue weighted by Gasteiger charge is 2.29. The maximum atomic E-state index is 12.9. The van der Waals surface area contributed by atoms with Crippen LogP contribution in [0.15, 0.2) is 60.9 Å². The molecule has 1 aliphatic rings. The fourth-order valence-corrected chi connectivity index (χ4v) is 3.04. The molecule has 1 amide bonds. The van der Waals surface area contributed by atoms with Gasteiger partial charge in [-0.15, -0.1) is 0 Å². The molecule has 4 rings (SSSR count). The van der Waals surface area contributed by atoms with Crippen molar-refractivity contribution in [3.8, 4) is 5.88 Å². The van der Waals surface area contributed by atoms with Crippen molar-refractivity contribution in [3.05, 3.63) is 66.6 Å². The van der Waals surface area contributed by atoms with Crippen molar-refractivity contribution in [1.82, 2.24) is 14.9 Å². The van der Waals surface area contributed by atoms with E-state index in [1.165, 1.54) is 0 Å². The van der Waals surface area contributed by atoms with Crippen LogP contribution in [0.5, 0.6) is 5.88 Å². The minimum Gasteiger partial charge on any atom is -0.472 e. The fraction of sp³-hybridized carbons (Fsp3) is 0.211. The zero-order chi connectivity index (χ0) is 16.4. The molecule has 1 aromatic carbocycles. The zero-order valence-electron chi connectivity index (χ0n) is 13.1. The molecular formula is C19H17N3O2. The van der Waals surface area contributed by atoms with E-state index >= 15 is 0 Å². The Kier molecular flexibility index (Phi) is 3.83. The molecule has 0 spiro atoms. The van der Waals surface area contributed by atoms with Crippen LogP contribution in [0.25, 0.3) is 10.8 Å². The molecule has 0 bridgehead atoms. The van der Waals surface area contributed by atoms with Gasteiger partial charge in [-0.3, -0.25) is 9.78 Å². The number of likely N-dealkylation sites (tertiary alicyclic amines) is 1. The zero-order valence-corrected chi connectivity index (χ0v) is 13.1. The van der Waals surface area contributed by atoms with E-state index in [1.807, 2.05) is 53.4 Å². The lowest BCUT2D eigenvalue weighted by Gasteiger charge is -2.17. The largest absolute Gasteiger partial charge is 0.472 e. The molecule has 24 heavy (non-hydrogen) atoms. The Morgan fingerprint density at radius 2 is 1.92 bits per heavy atom. The average Bonchev–Trinajstić information content (AvgIpc) is 3.10. The van der Waals surface area contributed by atoms with E-state index in [9.17, 15) is 4.79 Å². The molecule has 3 heterocycles. The van der Waals surface area contributed by atoms with Gasteiger partial charge in [0.25, 0.3) is 5.91 Å². The lowest BCUT2D eigenvalue weighted by atomic mass is 10.1. The van der Waals surface area contributed by atoms with Crippen LogP contribution in [0.4, 0.5) is 0 Å². The van der Waals surface area contributed by atoms with Gasteiger partial charge in [-0.25, -0.2) is 4.98 Å². The third-order valence-electron chi connectivity index (χ3n) is 4.23. The SMILES string of the molecule is O=C(c1nccc2ccccc12)N1CCC(Oc2ccccn2)C1. The molecule has 1 aliphatic heterocycles. The van der Waals surface area contributed by atoms with Crippen molar-refractivity contribution in [1.29, 1.82) is 0 Å². The molecule has 0 saturated carbocycles. The Hall–Kier alpha value is -2.95. The molecular weight excluding hydrogens is 302 g/mol. The summed E-state index contributed by atoms with van der Waals surface area (Å²) in [6.07, 6.45) is 4.16. The Labute approximate surface area is 139 Å². The topological polar surface area (TPSA) is 55.3 Å². The molecule has 1 fully saturated rings. The fourth-order valence-electron chi connectivity index (χ4n) is 3.04. The van der Waals surface area contributed by atoms with Gasteiger partial charge in [-0.05, 0) is 17.5 Å². The lowest BCUT2D eigenvalue weighted by Crippen LogP contribution is -2.31. The van der Waals surface area contributed by atoms with E-state index < -0.39 is 0 Å². The first-order chi connectivity index (χ1) is 11.8. The summed E-state index contributed by atoms with van der Waals surface area (Å²) >= 11 is 0. The van der Waals surface area contributed by atoms with E-state index in [4.69, 9.17) is 4.74 Å². The molecule has 0 N–H and O–H groups in total. The Balaban J connectivity index is 1.51. The van der Waals surface area contributed by atoms with E-state index in [0.717, 1.165) is 17.2 Å². The van der Waals surface area contributed by atoms with E-state index in [0.29, 0.717) is 24.7 Å². The number of hydrogen-bond donors (Lipinski definition) is 0. The smallest absolute Gasteiger partial charge is 0.273 e. The number of ether oxygens (including phenoxy) is 1. The Morgan fingerprint density at radius 1 is 1.04 bits per heavy atom. The predicted octanol–water partition coefficient (Wildman–Crippen LogP) is 2.92. The van der Waals surface area contributed by atoms with Gasteiger partial charge < -0.3 is 9.64 Å². The number of benzene rings is 1. The summed E-state index contributed by atoms with van der Waals surface area (Å²) < 4.78 is 5.85. The van der Waals surface area contributed by atoms with E-state index in [-0.39, 0.29) is 12.0 Å². The second-order valence-corrected chi connectivity index (χ2v) is 5.83. The van der Waals surface area contributed by atoms with Crippen LogP contribution >= 0.6 is 0 Å². The van der Waals surface area contributed by atoms with Crippen LogP contribution in [0, 0.1) is 0 Å². The first-order valence-electron chi connectivity index (χ1n) is 8.02. The number of amides is 1. The van der Waals surface area contributed by atoms with Gasteiger partial charge >= 0.3 is 0 Å². The minimum absolute atomic E-state index is 0.0289. The van der Waals surface area contributed by atoms with Gasteiger partial charge in [0.05, 0.1) is 6.54 Å². The third-order valence-corrected chi connectivity index (χ3v) is 4.23. The van der Waals surface area contributed by atoms with Crippen molar-refractivity contribution >= 4 is 16.7 Å². The van der Waals surface area contributed by atoms with Gasteiger partial charge in [-0.1, -0.05) is 30.3 Å². The third kappa shape index (κ3) is 2.80. The summed E-state index contributed by atoms with van der Waals surface area (Å²) in [5, 5.41) is 1.91. The summed E-state index contributed by atoms with van der Waals surface area (Å²) in [7, 11) is 0. The maximum Gasteiger partial charge on any atom is 0.273 e. The molecule has 5 heteroatoms. The molecule has 1 saturated heterocycles. The van der Waals surface area contributed by atoms with Gasteiger partial charge in [0, 0.05) is 36.8 Å². The maximum absolute atomic E-state index is 12.9. The molecule has 0 radical (unpaired) electrons. The molecule has 1 atom stereocenters. The second-order valence-electron chi connectivity index (χ2n) is 5.83. The number of hydrogen-bond acceptors (Lipinski definition) is 4. The predicted molar refractivity (Wildman–Crippen MR) is 90.9 cm³/mol. The number of rotatable bonds is 3. The molecule has 5 nitrogen and oxygen atoms in total. The lowest BCUT2D eigenvalue weighted by molar-refractivity contribution is 0.0767. The summed E-state index contributed by atoms with van der Waals surface area (Å²) in [4.78, 5) is 23.1. The molecule has 120 valence electrons. The van der Waals surface area contributed by atoms with Crippen molar-refractivity contribution < 1.29 is 9.53 Å². The monoisotopic (exact) mass is 319 g/mol. The van der Waals surface area contributed by atoms with Crippen LogP contribution in [0.2, 0.25) is 0 Å². The first kappa shape index (κ1) is 14.6. The summed E-state index contributed by atoms with van der Waals surface area (Å²) in [5.74, 6) is 0.555. The highest BCUT2D eigenvalue weighted by atomic mass is 16.5. The average molecular weight is 319 g/mol. The molecule has 3 aromatic rings. The van der Waals surface area contributed by atoms with Crippen LogP contribution in [0.3, 0.4) is 0 Å². The normalized spacial score (nSPS) is 17.2. The molecule has 1 unspecified atom stereocenters. The van der Waals surface area contributed by atoms with Gasteiger partial charge in [-0.2, -0.15) is 0 Å². The standard InChI is InChI=1S/C19H17N3O2/c23-19(18-16-6-2-1-5-14(16)8-11-21-18)22-12-9-15(13-22)24-17-7-3-4-10-20-17/h1-8,10-11,15H,9,12-13H2. The van der Waals surface area contributed by atoms with E-state index in [1.54, 1.807) is 12.4 Å². The quantitative estimate of drug-likeness (QED) is 0.745. The highest BCUT2D eigenvalue weighted by molar-refractivity contribution is 6.05. The van der Waals surface area contributed by atoms with Gasteiger partial charge in [0.2, 0.25) is 5.88 Å². The van der Waals surface area contributed by atoms with Crippen LogP contribution in [0.1, 0.15) is 16.9 Å². The van der Waals surface area contributed by atoms with Crippen LogP contribution < -0.4 is 4.74 Å². The summed E-state index contributed by atoms with van der Waals surface area (Å²) in [6.45, 7) is 1.22. The van der Waals surface area contributed by atoms with Crippen LogP contribution in [-0.4, -0.2) is 40.0 Å². The van der Waals surface area contributed by atoms with Gasteiger partial charge in [0.15, 0.2) is 0 Å². The van der Waals surface area contributed by atoms with Crippen molar-refractivity contribution in [2.75, 3.05) is 13.1 Å². The number of pyridine rings is 2. The van der Waals surface area contributed by atoms with Crippen molar-refractivity contribution in [3.63, 3.8) is 0 Å². The molecule has 0 aliphatic carbocycles. The Morgan fingerprint density at radius 3 is 2.79 bits per heavy atom. The summed E-state index contributed by atoms with van der Waals surface area (Å²) in [6, 6.07) is 15.3. The van der Waals surface area contributed by atoms with Crippen molar-refractivity contribution in [2.45, 2.75) is 12.5 Å². The van der Waals surface area contributed by atoms with Crippen LogP contribution in [-0.2, 0) is 0 Å². The summed E-state index contributed by atoms with van der Waals surface area (Å²) in [5.41, 5.74) is 0.506. The molecule has 2 aromatic heterocycles.